The van der Waals surface area contributed by atoms with E-state index in [2.05, 4.69) is 14.7 Å². The fourth-order valence-electron chi connectivity index (χ4n) is 3.20. The lowest BCUT2D eigenvalue weighted by atomic mass is 10.0. The second kappa shape index (κ2) is 7.33. The summed E-state index contributed by atoms with van der Waals surface area (Å²) >= 11 is 1.12. The standard InChI is InChI=1S/C19H18N4O3S2/c1-28(25,26)23-11-5-8-14-12-15(9-10-16(14)23)18(24)21-19-20-17(22-27-19)13-6-3-2-4-7-13/h2-4,6-7,9-10,12H,5,8,11H2,1H3,(H,20,21,22,24). The molecule has 0 fully saturated rings. The van der Waals surface area contributed by atoms with Crippen molar-refractivity contribution in [3.05, 3.63) is 59.7 Å². The molecule has 1 aliphatic heterocycles. The number of hydrogen-bond acceptors (Lipinski definition) is 6. The summed E-state index contributed by atoms with van der Waals surface area (Å²) in [5.41, 5.74) is 2.85. The minimum Gasteiger partial charge on any atom is -0.297 e. The first kappa shape index (κ1) is 18.6. The van der Waals surface area contributed by atoms with Crippen molar-refractivity contribution >= 4 is 38.3 Å². The van der Waals surface area contributed by atoms with Crippen LogP contribution in [0.5, 0.6) is 0 Å². The lowest BCUT2D eigenvalue weighted by Gasteiger charge is -2.29. The molecule has 2 heterocycles. The Morgan fingerprint density at radius 1 is 1.18 bits per heavy atom. The van der Waals surface area contributed by atoms with Crippen LogP contribution in [0, 0.1) is 0 Å². The highest BCUT2D eigenvalue weighted by molar-refractivity contribution is 7.92. The number of aryl methyl sites for hydroxylation is 1. The Morgan fingerprint density at radius 3 is 2.71 bits per heavy atom. The first-order valence-corrected chi connectivity index (χ1v) is 11.3. The van der Waals surface area contributed by atoms with E-state index in [-0.39, 0.29) is 5.91 Å². The van der Waals surface area contributed by atoms with Crippen molar-refractivity contribution in [2.45, 2.75) is 12.8 Å². The number of carbonyl (C=O) groups is 1. The van der Waals surface area contributed by atoms with E-state index in [1.807, 2.05) is 30.3 Å². The van der Waals surface area contributed by atoms with Crippen LogP contribution < -0.4 is 9.62 Å². The minimum absolute atomic E-state index is 0.296. The highest BCUT2D eigenvalue weighted by Gasteiger charge is 2.24. The summed E-state index contributed by atoms with van der Waals surface area (Å²) in [4.78, 5) is 17.0. The molecule has 0 bridgehead atoms. The number of sulfonamides is 1. The van der Waals surface area contributed by atoms with Gasteiger partial charge in [0.05, 0.1) is 11.9 Å². The predicted molar refractivity (Wildman–Crippen MR) is 110 cm³/mol. The molecule has 0 atom stereocenters. The monoisotopic (exact) mass is 414 g/mol. The Bertz CT molecular complexity index is 1130. The van der Waals surface area contributed by atoms with Crippen molar-refractivity contribution in [3.63, 3.8) is 0 Å². The van der Waals surface area contributed by atoms with Gasteiger partial charge < -0.3 is 0 Å². The number of rotatable bonds is 4. The van der Waals surface area contributed by atoms with E-state index in [9.17, 15) is 13.2 Å². The molecule has 9 heteroatoms. The van der Waals surface area contributed by atoms with Gasteiger partial charge in [0, 0.05) is 29.2 Å². The maximum absolute atomic E-state index is 12.6. The molecule has 0 saturated heterocycles. The molecular weight excluding hydrogens is 396 g/mol. The van der Waals surface area contributed by atoms with E-state index in [4.69, 9.17) is 0 Å². The van der Waals surface area contributed by atoms with Gasteiger partial charge in [-0.25, -0.2) is 8.42 Å². The molecule has 1 aliphatic rings. The fourth-order valence-corrected chi connectivity index (χ4v) is 4.78. The minimum atomic E-state index is -3.33. The lowest BCUT2D eigenvalue weighted by Crippen LogP contribution is -2.34. The van der Waals surface area contributed by atoms with Gasteiger partial charge >= 0.3 is 0 Å². The van der Waals surface area contributed by atoms with E-state index >= 15 is 0 Å². The summed E-state index contributed by atoms with van der Waals surface area (Å²) in [5, 5.41) is 3.19. The van der Waals surface area contributed by atoms with Gasteiger partial charge in [-0.2, -0.15) is 9.36 Å². The van der Waals surface area contributed by atoms with Gasteiger partial charge in [-0.15, -0.1) is 0 Å². The number of nitrogens with zero attached hydrogens (tertiary/aromatic N) is 3. The predicted octanol–water partition coefficient (Wildman–Crippen LogP) is 3.17. The fraction of sp³-hybridized carbons (Fsp3) is 0.211. The zero-order valence-corrected chi connectivity index (χ0v) is 16.8. The van der Waals surface area contributed by atoms with Crippen LogP contribution in [0.1, 0.15) is 22.3 Å². The zero-order chi connectivity index (χ0) is 19.7. The number of amides is 1. The second-order valence-electron chi connectivity index (χ2n) is 6.53. The smallest absolute Gasteiger partial charge is 0.257 e. The molecule has 0 aliphatic carbocycles. The van der Waals surface area contributed by atoms with Gasteiger partial charge in [0.1, 0.15) is 0 Å². The Hall–Kier alpha value is -2.78. The molecule has 0 radical (unpaired) electrons. The lowest BCUT2D eigenvalue weighted by molar-refractivity contribution is 0.102. The van der Waals surface area contributed by atoms with E-state index in [0.29, 0.717) is 28.8 Å². The Labute approximate surface area is 167 Å². The van der Waals surface area contributed by atoms with Crippen LogP contribution in [0.15, 0.2) is 48.5 Å². The third-order valence-electron chi connectivity index (χ3n) is 4.50. The van der Waals surface area contributed by atoms with E-state index < -0.39 is 10.0 Å². The first-order chi connectivity index (χ1) is 13.4. The van der Waals surface area contributed by atoms with Crippen LogP contribution in [0.2, 0.25) is 0 Å². The molecular formula is C19H18N4O3S2. The Morgan fingerprint density at radius 2 is 1.96 bits per heavy atom. The third-order valence-corrected chi connectivity index (χ3v) is 6.31. The summed E-state index contributed by atoms with van der Waals surface area (Å²) in [5.74, 6) is 0.269. The number of aromatic nitrogens is 2. The number of anilines is 2. The summed E-state index contributed by atoms with van der Waals surface area (Å²) in [6, 6.07) is 14.6. The maximum Gasteiger partial charge on any atom is 0.257 e. The van der Waals surface area contributed by atoms with Crippen molar-refractivity contribution in [1.29, 1.82) is 0 Å². The van der Waals surface area contributed by atoms with Gasteiger partial charge in [-0.3, -0.25) is 14.4 Å². The summed E-state index contributed by atoms with van der Waals surface area (Å²) in [6.07, 6.45) is 2.66. The van der Waals surface area contributed by atoms with Crippen LogP contribution in [0.3, 0.4) is 0 Å². The summed E-state index contributed by atoms with van der Waals surface area (Å²) in [7, 11) is -3.33. The molecule has 0 spiro atoms. The maximum atomic E-state index is 12.6. The van der Waals surface area contributed by atoms with Crippen LogP contribution in [-0.4, -0.2) is 36.5 Å². The largest absolute Gasteiger partial charge is 0.297 e. The average Bonchev–Trinajstić information content (AvgIpc) is 3.15. The number of nitrogens with one attached hydrogen (secondary N) is 1. The van der Waals surface area contributed by atoms with Gasteiger partial charge in [-0.05, 0) is 36.6 Å². The topological polar surface area (TPSA) is 92.3 Å². The number of carbonyl (C=O) groups excluding carboxylic acids is 1. The SMILES string of the molecule is CS(=O)(=O)N1CCCc2cc(C(=O)Nc3nc(-c4ccccc4)ns3)ccc21. The molecule has 4 rings (SSSR count). The second-order valence-corrected chi connectivity index (χ2v) is 9.18. The zero-order valence-electron chi connectivity index (χ0n) is 15.1. The van der Waals surface area contributed by atoms with Crippen LogP contribution in [0.25, 0.3) is 11.4 Å². The molecule has 7 nitrogen and oxygen atoms in total. The Kier molecular flexibility index (Phi) is 4.86. The molecule has 1 amide bonds. The van der Waals surface area contributed by atoms with Crippen LogP contribution in [-0.2, 0) is 16.4 Å². The summed E-state index contributed by atoms with van der Waals surface area (Å²) < 4.78 is 29.6. The van der Waals surface area contributed by atoms with E-state index in [1.54, 1.807) is 18.2 Å². The molecule has 0 unspecified atom stereocenters. The van der Waals surface area contributed by atoms with Gasteiger partial charge in [0.15, 0.2) is 5.82 Å². The first-order valence-electron chi connectivity index (χ1n) is 8.73. The quantitative estimate of drug-likeness (QED) is 0.708. The number of fused-ring (bicyclic) bond motifs is 1. The molecule has 144 valence electrons. The third kappa shape index (κ3) is 3.76. The highest BCUT2D eigenvalue weighted by atomic mass is 32.2. The normalized spacial score (nSPS) is 13.8. The van der Waals surface area contributed by atoms with Crippen molar-refractivity contribution in [2.75, 3.05) is 22.4 Å². The summed E-state index contributed by atoms with van der Waals surface area (Å²) in [6.45, 7) is 0.463. The molecule has 3 aromatic rings. The van der Waals surface area contributed by atoms with Crippen molar-refractivity contribution in [1.82, 2.24) is 9.36 Å². The van der Waals surface area contributed by atoms with E-state index in [1.165, 1.54) is 10.6 Å². The average molecular weight is 415 g/mol. The highest BCUT2D eigenvalue weighted by Crippen LogP contribution is 2.30. The van der Waals surface area contributed by atoms with E-state index in [0.717, 1.165) is 35.5 Å². The van der Waals surface area contributed by atoms with Gasteiger partial charge in [0.25, 0.3) is 5.91 Å². The molecule has 28 heavy (non-hydrogen) atoms. The van der Waals surface area contributed by atoms with Crippen LogP contribution in [0.4, 0.5) is 10.8 Å². The van der Waals surface area contributed by atoms with Gasteiger partial charge in [-0.1, -0.05) is 30.3 Å². The molecule has 1 N–H and O–H groups in total. The van der Waals surface area contributed by atoms with Crippen molar-refractivity contribution in [2.24, 2.45) is 0 Å². The molecule has 1 aromatic heterocycles. The van der Waals surface area contributed by atoms with Crippen molar-refractivity contribution < 1.29 is 13.2 Å². The van der Waals surface area contributed by atoms with Crippen LogP contribution >= 0.6 is 11.5 Å². The van der Waals surface area contributed by atoms with Gasteiger partial charge in [0.2, 0.25) is 15.2 Å². The molecule has 2 aromatic carbocycles. The van der Waals surface area contributed by atoms with Crippen molar-refractivity contribution in [3.8, 4) is 11.4 Å². The number of benzene rings is 2. The number of hydrogen-bond donors (Lipinski definition) is 1. The Balaban J connectivity index is 1.54. The molecule has 0 saturated carbocycles.